The average Bonchev–Trinajstić information content (AvgIpc) is 3.50. The molecule has 2 N–H and O–H groups in total. The summed E-state index contributed by atoms with van der Waals surface area (Å²) in [7, 11) is 0. The number of carboxylic acids is 2. The van der Waals surface area contributed by atoms with E-state index >= 15 is 0 Å². The molecule has 1 fully saturated rings. The second kappa shape index (κ2) is 11.8. The topological polar surface area (TPSA) is 111 Å². The maximum absolute atomic E-state index is 12.7. The number of amides is 1. The van der Waals surface area contributed by atoms with E-state index < -0.39 is 11.9 Å². The van der Waals surface area contributed by atoms with Crippen molar-refractivity contribution in [2.45, 2.75) is 24.9 Å². The summed E-state index contributed by atoms with van der Waals surface area (Å²) < 4.78 is 0. The van der Waals surface area contributed by atoms with Crippen LogP contribution in [0.4, 0.5) is 0 Å². The van der Waals surface area contributed by atoms with Crippen LogP contribution < -0.4 is 0 Å². The number of aliphatic carboxylic acids is 2. The zero-order chi connectivity index (χ0) is 26.3. The van der Waals surface area contributed by atoms with Gasteiger partial charge >= 0.3 is 11.9 Å². The van der Waals surface area contributed by atoms with E-state index in [4.69, 9.17) is 15.2 Å². The number of aliphatic imine (C=N–C) groups is 1. The molecule has 0 spiro atoms. The lowest BCUT2D eigenvalue weighted by molar-refractivity contribution is -0.134. The molecule has 1 atom stereocenters. The summed E-state index contributed by atoms with van der Waals surface area (Å²) in [6.07, 6.45) is 9.61. The molecule has 0 saturated carbocycles. The monoisotopic (exact) mass is 501 g/mol. The van der Waals surface area contributed by atoms with Gasteiger partial charge in [0.25, 0.3) is 5.91 Å². The molecule has 0 aliphatic carbocycles. The number of carbonyl (C=O) groups excluding carboxylic acids is 1. The average molecular weight is 502 g/mol. The molecule has 3 aliphatic rings. The number of carboxylic acid groups (broad SMARTS) is 2. The van der Waals surface area contributed by atoms with Crippen molar-refractivity contribution in [3.63, 3.8) is 0 Å². The van der Waals surface area contributed by atoms with Crippen LogP contribution in [0.2, 0.25) is 0 Å². The van der Waals surface area contributed by atoms with Crippen molar-refractivity contribution < 1.29 is 24.6 Å². The van der Waals surface area contributed by atoms with Gasteiger partial charge in [-0.05, 0) is 61.2 Å². The lowest BCUT2D eigenvalue weighted by Gasteiger charge is -2.38. The van der Waals surface area contributed by atoms with E-state index in [9.17, 15) is 14.4 Å². The Balaban J connectivity index is 0.000000349. The molecule has 2 aromatic rings. The second-order valence-corrected chi connectivity index (χ2v) is 9.50. The maximum Gasteiger partial charge on any atom is 0.328 e. The number of carbonyl (C=O) groups is 3. The zero-order valence-electron chi connectivity index (χ0n) is 20.6. The number of piperidine rings is 1. The number of allylic oxidation sites excluding steroid dienone is 1. The fourth-order valence-electron chi connectivity index (χ4n) is 5.09. The summed E-state index contributed by atoms with van der Waals surface area (Å²) in [6.45, 7) is 4.70. The molecule has 0 radical (unpaired) electrons. The summed E-state index contributed by atoms with van der Waals surface area (Å²) in [5, 5.41) is 15.6. The Kier molecular flexibility index (Phi) is 8.30. The molecule has 0 aromatic heterocycles. The highest BCUT2D eigenvalue weighted by molar-refractivity contribution is 5.98. The van der Waals surface area contributed by atoms with Gasteiger partial charge in [0.15, 0.2) is 0 Å². The lowest BCUT2D eigenvalue weighted by Crippen LogP contribution is -2.44. The minimum Gasteiger partial charge on any atom is -0.478 e. The molecule has 2 aromatic carbocycles. The van der Waals surface area contributed by atoms with Crippen LogP contribution in [0.3, 0.4) is 0 Å². The first-order valence-corrected chi connectivity index (χ1v) is 12.4. The molecule has 37 heavy (non-hydrogen) atoms. The van der Waals surface area contributed by atoms with Gasteiger partial charge in [-0.15, -0.1) is 0 Å². The quantitative estimate of drug-likeness (QED) is 0.561. The first-order valence-electron chi connectivity index (χ1n) is 12.4. The van der Waals surface area contributed by atoms with E-state index in [-0.39, 0.29) is 11.4 Å². The van der Waals surface area contributed by atoms with Crippen molar-refractivity contribution >= 4 is 24.1 Å². The third-order valence-electron chi connectivity index (χ3n) is 6.95. The minimum absolute atomic E-state index is 0.205. The smallest absolute Gasteiger partial charge is 0.328 e. The molecule has 8 heteroatoms. The van der Waals surface area contributed by atoms with Crippen LogP contribution in [0.5, 0.6) is 0 Å². The second-order valence-electron chi connectivity index (χ2n) is 9.50. The Morgan fingerprint density at radius 3 is 2.22 bits per heavy atom. The van der Waals surface area contributed by atoms with Crippen LogP contribution in [0.15, 0.2) is 83.9 Å². The van der Waals surface area contributed by atoms with Crippen molar-refractivity contribution in [1.29, 1.82) is 0 Å². The standard InChI is InChI=1S/C25H27N3O.C4H4O4/c29-24-23-10-5-4-7-21(23)18-28(24)17-20-11-15-27(16-12-20)19-25(13-6-14-26-25)22-8-2-1-3-9-22;5-3(6)1-2-4(7)8/h1-10,13-14,20H,11-12,15-19H2;1-2H,(H,5,6)(H,7,8). The molecule has 192 valence electrons. The van der Waals surface area contributed by atoms with Gasteiger partial charge in [-0.2, -0.15) is 0 Å². The maximum atomic E-state index is 12.7. The first-order chi connectivity index (χ1) is 17.9. The van der Waals surface area contributed by atoms with Crippen LogP contribution in [0.25, 0.3) is 0 Å². The van der Waals surface area contributed by atoms with Gasteiger partial charge in [0.2, 0.25) is 0 Å². The highest BCUT2D eigenvalue weighted by atomic mass is 16.4. The van der Waals surface area contributed by atoms with E-state index in [1.807, 2.05) is 29.3 Å². The zero-order valence-corrected chi connectivity index (χ0v) is 20.6. The fourth-order valence-corrected chi connectivity index (χ4v) is 5.09. The largest absolute Gasteiger partial charge is 0.478 e. The number of hydrogen-bond donors (Lipinski definition) is 2. The first kappa shape index (κ1) is 26.0. The van der Waals surface area contributed by atoms with E-state index in [0.29, 0.717) is 18.1 Å². The molecule has 1 unspecified atom stereocenters. The third kappa shape index (κ3) is 6.59. The molecule has 5 rings (SSSR count). The predicted octanol–water partition coefficient (Wildman–Crippen LogP) is 3.60. The van der Waals surface area contributed by atoms with Gasteiger partial charge in [-0.1, -0.05) is 48.5 Å². The number of likely N-dealkylation sites (tertiary alicyclic amines) is 1. The summed E-state index contributed by atoms with van der Waals surface area (Å²) in [4.78, 5) is 41.2. The predicted molar refractivity (Wildman–Crippen MR) is 141 cm³/mol. The van der Waals surface area contributed by atoms with Gasteiger partial charge in [0.05, 0.1) is 0 Å². The Hall–Kier alpha value is -4.04. The lowest BCUT2D eigenvalue weighted by atomic mass is 9.88. The summed E-state index contributed by atoms with van der Waals surface area (Å²) in [5.74, 6) is -1.73. The normalized spacial score (nSPS) is 21.2. The Morgan fingerprint density at radius 2 is 1.62 bits per heavy atom. The molecule has 3 aliphatic heterocycles. The van der Waals surface area contributed by atoms with Gasteiger partial charge in [0, 0.05) is 43.6 Å². The van der Waals surface area contributed by atoms with Gasteiger partial charge in [-0.25, -0.2) is 9.59 Å². The highest BCUT2D eigenvalue weighted by Crippen LogP contribution is 2.33. The third-order valence-corrected chi connectivity index (χ3v) is 6.95. The highest BCUT2D eigenvalue weighted by Gasteiger charge is 2.35. The van der Waals surface area contributed by atoms with E-state index in [1.54, 1.807) is 0 Å². The molecule has 8 nitrogen and oxygen atoms in total. The Labute approximate surface area is 216 Å². The van der Waals surface area contributed by atoms with Crippen LogP contribution in [-0.4, -0.2) is 70.3 Å². The van der Waals surface area contributed by atoms with Crippen LogP contribution in [-0.2, 0) is 21.7 Å². The fraction of sp³-hybridized carbons (Fsp3) is 0.310. The van der Waals surface area contributed by atoms with Gasteiger partial charge in [-0.3, -0.25) is 9.79 Å². The Bertz CT molecular complexity index is 1190. The van der Waals surface area contributed by atoms with Crippen molar-refractivity contribution in [2.75, 3.05) is 26.2 Å². The van der Waals surface area contributed by atoms with E-state index in [2.05, 4.69) is 53.5 Å². The van der Waals surface area contributed by atoms with E-state index in [1.165, 1.54) is 11.1 Å². The molecule has 0 bridgehead atoms. The summed E-state index contributed by atoms with van der Waals surface area (Å²) in [5.41, 5.74) is 3.07. The van der Waals surface area contributed by atoms with Crippen LogP contribution in [0.1, 0.15) is 34.3 Å². The number of rotatable bonds is 7. The molecule has 3 heterocycles. The van der Waals surface area contributed by atoms with E-state index in [0.717, 1.165) is 51.1 Å². The van der Waals surface area contributed by atoms with Crippen molar-refractivity contribution in [3.05, 3.63) is 95.6 Å². The molecule has 1 amide bonds. The van der Waals surface area contributed by atoms with Gasteiger partial charge in [0.1, 0.15) is 5.54 Å². The Morgan fingerprint density at radius 1 is 0.973 bits per heavy atom. The number of benzene rings is 2. The summed E-state index contributed by atoms with van der Waals surface area (Å²) in [6, 6.07) is 18.6. The number of fused-ring (bicyclic) bond motifs is 1. The molecular formula is C29H31N3O5. The number of nitrogens with zero attached hydrogens (tertiary/aromatic N) is 3. The van der Waals surface area contributed by atoms with Crippen LogP contribution >= 0.6 is 0 Å². The number of hydrogen-bond acceptors (Lipinski definition) is 5. The summed E-state index contributed by atoms with van der Waals surface area (Å²) >= 11 is 0. The van der Waals surface area contributed by atoms with Crippen molar-refractivity contribution in [2.24, 2.45) is 10.9 Å². The SMILES string of the molecule is O=C(O)C=CC(=O)O.O=C1c2ccccc2CN1CC1CCN(CC2(c3ccccc3)C=CC=N2)CC1. The molecule has 1 saturated heterocycles. The molecular weight excluding hydrogens is 470 g/mol. The van der Waals surface area contributed by atoms with Crippen molar-refractivity contribution in [3.8, 4) is 0 Å². The van der Waals surface area contributed by atoms with Crippen LogP contribution in [0, 0.1) is 5.92 Å². The van der Waals surface area contributed by atoms with Crippen molar-refractivity contribution in [1.82, 2.24) is 9.80 Å². The van der Waals surface area contributed by atoms with Gasteiger partial charge < -0.3 is 20.0 Å². The minimum atomic E-state index is -1.26.